The lowest BCUT2D eigenvalue weighted by molar-refractivity contribution is -0.119. The maximum absolute atomic E-state index is 15.3. The number of hydrogen-bond donors (Lipinski definition) is 8. The number of carbonyl (C=O) groups excluding carboxylic acids is 3. The fourth-order valence-electron chi connectivity index (χ4n) is 10.6. The maximum Gasteiger partial charge on any atom is 0.317 e. The van der Waals surface area contributed by atoms with Gasteiger partial charge in [0.2, 0.25) is 5.91 Å². The van der Waals surface area contributed by atoms with E-state index in [1.165, 1.54) is 43.6 Å². The molecule has 2 aliphatic carbocycles. The van der Waals surface area contributed by atoms with E-state index in [0.29, 0.717) is 51.9 Å². The van der Waals surface area contributed by atoms with Crippen LogP contribution in [0.1, 0.15) is 95.1 Å². The van der Waals surface area contributed by atoms with E-state index in [-0.39, 0.29) is 83.3 Å². The molecule has 4 aliphatic rings. The molecule has 2 aliphatic heterocycles. The van der Waals surface area contributed by atoms with Gasteiger partial charge in [-0.05, 0) is 107 Å². The summed E-state index contributed by atoms with van der Waals surface area (Å²) in [6.07, 6.45) is 13.5. The average Bonchev–Trinajstić information content (AvgIpc) is 4.21. The number of amides is 5. The van der Waals surface area contributed by atoms with Gasteiger partial charge in [0.05, 0.1) is 22.4 Å². The number of halogens is 6. The highest BCUT2D eigenvalue weighted by atomic mass is 19.2. The Bertz CT molecular complexity index is 2990. The van der Waals surface area contributed by atoms with Crippen LogP contribution < -0.4 is 32.3 Å². The first kappa shape index (κ1) is 50.9. The third kappa shape index (κ3) is 11.8. The molecule has 2 saturated carbocycles. The van der Waals surface area contributed by atoms with Crippen LogP contribution in [0, 0.1) is 34.9 Å². The predicted molar refractivity (Wildman–Crippen MR) is 266 cm³/mol. The number of aromatic amines is 2. The number of pyridine rings is 2. The van der Waals surface area contributed by atoms with Crippen LogP contribution in [0.25, 0.3) is 44.3 Å². The number of nitrogens with zero attached hydrogens (tertiary/aromatic N) is 4. The Labute approximate surface area is 417 Å². The molecule has 15 nitrogen and oxygen atoms in total. The smallest absolute Gasteiger partial charge is 0.317 e. The number of fused-ring (bicyclic) bond motifs is 2. The van der Waals surface area contributed by atoms with Crippen molar-refractivity contribution in [3.05, 3.63) is 94.8 Å². The Morgan fingerprint density at radius 2 is 1.01 bits per heavy atom. The van der Waals surface area contributed by atoms with Gasteiger partial charge >= 0.3 is 12.1 Å². The molecule has 0 spiro atoms. The number of aromatic nitrogens is 4. The number of carbonyl (C=O) groups is 3. The molecule has 2 saturated heterocycles. The monoisotopic (exact) mass is 1010 g/mol. The third-order valence-electron chi connectivity index (χ3n) is 14.3. The second-order valence-electron chi connectivity index (χ2n) is 19.5. The minimum Gasteiger partial charge on any atom is -0.365 e. The normalized spacial score (nSPS) is 19.9. The molecule has 10 rings (SSSR count). The molecule has 4 fully saturated rings. The van der Waals surface area contributed by atoms with E-state index in [9.17, 15) is 36.3 Å². The number of nitrogens with two attached hydrogens (primary N) is 1. The van der Waals surface area contributed by atoms with Crippen molar-refractivity contribution < 1.29 is 40.7 Å². The quantitative estimate of drug-likeness (QED) is 0.0587. The van der Waals surface area contributed by atoms with Gasteiger partial charge in [-0.1, -0.05) is 0 Å². The second-order valence-corrected chi connectivity index (χ2v) is 19.5. The summed E-state index contributed by atoms with van der Waals surface area (Å²) in [5, 5.41) is 15.8. The predicted octanol–water partition coefficient (Wildman–Crippen LogP) is 9.45. The van der Waals surface area contributed by atoms with Gasteiger partial charge in [0, 0.05) is 122 Å². The van der Waals surface area contributed by atoms with Crippen molar-refractivity contribution in [2.75, 3.05) is 36.8 Å². The highest BCUT2D eigenvalue weighted by Gasteiger charge is 2.30. The summed E-state index contributed by atoms with van der Waals surface area (Å²) in [4.78, 5) is 54.9. The van der Waals surface area contributed by atoms with E-state index >= 15 is 4.39 Å². The van der Waals surface area contributed by atoms with Gasteiger partial charge < -0.3 is 52.1 Å². The van der Waals surface area contributed by atoms with Gasteiger partial charge in [-0.25, -0.2) is 45.9 Å². The fourth-order valence-corrected chi connectivity index (χ4v) is 10.6. The van der Waals surface area contributed by atoms with E-state index < -0.39 is 34.9 Å². The maximum atomic E-state index is 15.3. The van der Waals surface area contributed by atoms with E-state index in [1.54, 1.807) is 0 Å². The lowest BCUT2D eigenvalue weighted by Gasteiger charge is -2.32. The second kappa shape index (κ2) is 22.4. The first-order valence-corrected chi connectivity index (χ1v) is 25.1. The molecule has 73 heavy (non-hydrogen) atoms. The SMILES string of the molecule is CC(=O)NCc1cc(F)c(N[C@@H]2CCC[C@@H](NC(=O)N3CCCC3)C2)nc1-c1c[nH]c2c(F)cc(F)cc12.NCc1cc(F)c(N[C@@H]2CCC[C@@H](NC(=O)N3CCCC3)C2)nc1-c1c[nH]c2c(F)cc(F)cc12. The van der Waals surface area contributed by atoms with Crippen molar-refractivity contribution in [2.45, 2.75) is 121 Å². The highest BCUT2D eigenvalue weighted by molar-refractivity contribution is 5.97. The first-order chi connectivity index (χ1) is 35.2. The number of anilines is 2. The van der Waals surface area contributed by atoms with Crippen LogP contribution in [0.3, 0.4) is 0 Å². The molecule has 388 valence electrons. The van der Waals surface area contributed by atoms with Crippen molar-refractivity contribution in [2.24, 2.45) is 5.73 Å². The molecule has 0 radical (unpaired) electrons. The van der Waals surface area contributed by atoms with Crippen LogP contribution in [-0.2, 0) is 17.9 Å². The molecule has 21 heteroatoms. The van der Waals surface area contributed by atoms with E-state index in [2.05, 4.69) is 46.5 Å². The first-order valence-electron chi connectivity index (χ1n) is 25.1. The largest absolute Gasteiger partial charge is 0.365 e. The van der Waals surface area contributed by atoms with Crippen LogP contribution in [0.5, 0.6) is 0 Å². The Morgan fingerprint density at radius 3 is 1.45 bits per heavy atom. The summed E-state index contributed by atoms with van der Waals surface area (Å²) in [6.45, 7) is 4.46. The average molecular weight is 1020 g/mol. The van der Waals surface area contributed by atoms with Crippen LogP contribution >= 0.6 is 0 Å². The zero-order valence-electron chi connectivity index (χ0n) is 40.5. The minimum atomic E-state index is -0.751. The van der Waals surface area contributed by atoms with Crippen molar-refractivity contribution in [3.8, 4) is 22.5 Å². The number of urea groups is 2. The summed E-state index contributed by atoms with van der Waals surface area (Å²) in [6, 6.07) is 6.27. The summed E-state index contributed by atoms with van der Waals surface area (Å²) in [7, 11) is 0. The van der Waals surface area contributed by atoms with Gasteiger partial charge in [0.1, 0.15) is 23.3 Å². The van der Waals surface area contributed by atoms with Crippen molar-refractivity contribution >= 4 is 51.4 Å². The Morgan fingerprint density at radius 1 is 0.589 bits per heavy atom. The number of nitrogens with one attached hydrogen (secondary N) is 7. The zero-order chi connectivity index (χ0) is 51.3. The van der Waals surface area contributed by atoms with Crippen molar-refractivity contribution in [3.63, 3.8) is 0 Å². The van der Waals surface area contributed by atoms with Crippen LogP contribution in [0.4, 0.5) is 47.6 Å². The van der Waals surface area contributed by atoms with Crippen LogP contribution in [0.15, 0.2) is 48.8 Å². The molecule has 0 bridgehead atoms. The lowest BCUT2D eigenvalue weighted by atomic mass is 9.91. The number of benzene rings is 2. The van der Waals surface area contributed by atoms with Gasteiger partial charge in [-0.15, -0.1) is 0 Å². The standard InChI is InChI=1S/C27H31F3N6O2.C25H29F3N6O/c1-15(37)31-13-16-9-23(30)26(35-24(16)21-14-32-25-20(21)10-17(28)11-22(25)29)33-18-5-4-6-19(12-18)34-27(38)36-7-2-3-8-36;26-15-9-18-19(13-30-23(18)20(27)10-15)22-14(12-29)8-21(28)24(33-22)31-16-4-3-5-17(11-16)32-25(35)34-6-1-2-7-34/h9-11,14,18-19,32H,2-8,12-13H2,1H3,(H,31,37)(H,33,35)(H,34,38);8-10,13,16-17,30H,1-7,11-12,29H2,(H,31,33)(H,32,35)/t18-,19-;16-,17-/m11/s1. The molecule has 2 aromatic carbocycles. The number of hydrogen-bond acceptors (Lipinski definition) is 8. The van der Waals surface area contributed by atoms with Crippen LogP contribution in [-0.4, -0.2) is 98.1 Å². The Balaban J connectivity index is 0.000000180. The Hall–Kier alpha value is -7.03. The van der Waals surface area contributed by atoms with Crippen molar-refractivity contribution in [1.82, 2.24) is 45.7 Å². The molecule has 4 aromatic heterocycles. The molecular weight excluding hydrogens is 955 g/mol. The van der Waals surface area contributed by atoms with E-state index in [1.807, 2.05) is 9.80 Å². The molecule has 6 aromatic rings. The Kier molecular flexibility index (Phi) is 15.6. The number of H-pyrrole nitrogens is 2. The summed E-state index contributed by atoms with van der Waals surface area (Å²) < 4.78 is 86.8. The molecule has 4 atom stereocenters. The van der Waals surface area contributed by atoms with Gasteiger partial charge in [0.25, 0.3) is 0 Å². The van der Waals surface area contributed by atoms with Gasteiger partial charge in [-0.3, -0.25) is 4.79 Å². The number of rotatable bonds is 11. The highest BCUT2D eigenvalue weighted by Crippen LogP contribution is 2.36. The molecular formula is C52H60F6N12O3. The van der Waals surface area contributed by atoms with E-state index in [4.69, 9.17) is 5.73 Å². The molecule has 5 amide bonds. The molecule has 9 N–H and O–H groups in total. The third-order valence-corrected chi connectivity index (χ3v) is 14.3. The molecule has 0 unspecified atom stereocenters. The van der Waals surface area contributed by atoms with Gasteiger partial charge in [-0.2, -0.15) is 0 Å². The molecule has 6 heterocycles. The zero-order valence-corrected chi connectivity index (χ0v) is 40.5. The topological polar surface area (TPSA) is 201 Å². The van der Waals surface area contributed by atoms with Crippen LogP contribution in [0.2, 0.25) is 0 Å². The summed E-state index contributed by atoms with van der Waals surface area (Å²) in [5.74, 6) is -4.32. The lowest BCUT2D eigenvalue weighted by Crippen LogP contribution is -2.47. The minimum absolute atomic E-state index is 0.000218. The fraction of sp³-hybridized carbons (Fsp3) is 0.442. The van der Waals surface area contributed by atoms with E-state index in [0.717, 1.165) is 103 Å². The summed E-state index contributed by atoms with van der Waals surface area (Å²) >= 11 is 0. The van der Waals surface area contributed by atoms with Crippen molar-refractivity contribution in [1.29, 1.82) is 0 Å². The van der Waals surface area contributed by atoms with Gasteiger partial charge in [0.15, 0.2) is 23.3 Å². The number of likely N-dealkylation sites (tertiary alicyclic amines) is 2. The summed E-state index contributed by atoms with van der Waals surface area (Å²) in [5.41, 5.74) is 8.40.